The largest absolute Gasteiger partial charge is 0.478 e. The number of aliphatic hydroxyl groups excluding tert-OH is 2. The van der Waals surface area contributed by atoms with Gasteiger partial charge in [0.1, 0.15) is 0 Å². The van der Waals surface area contributed by atoms with Crippen LogP contribution in [0.2, 0.25) is 0 Å². The summed E-state index contributed by atoms with van der Waals surface area (Å²) < 4.78 is 16.2. The minimum atomic E-state index is -0.856. The van der Waals surface area contributed by atoms with E-state index in [2.05, 4.69) is 0 Å². The molecule has 0 bridgehead atoms. The van der Waals surface area contributed by atoms with Crippen molar-refractivity contribution in [2.45, 2.75) is 104 Å². The second-order valence-corrected chi connectivity index (χ2v) is 12.7. The zero-order valence-corrected chi connectivity index (χ0v) is 27.6. The van der Waals surface area contributed by atoms with E-state index in [1.54, 1.807) is 38.1 Å². The van der Waals surface area contributed by atoms with E-state index in [9.17, 15) is 9.59 Å². The molecule has 0 aliphatic carbocycles. The van der Waals surface area contributed by atoms with E-state index < -0.39 is 18.0 Å². The van der Waals surface area contributed by atoms with Crippen LogP contribution < -0.4 is 0 Å². The smallest absolute Gasteiger partial charge is 0.335 e. The SMILES string of the molecule is CC(C)(C)c1ccccc1C(=O)O.CC(C)(C)c1ccccc1C(=O)O.CC(O)COC(C)COC(C)COC(C)CO. The van der Waals surface area contributed by atoms with Crippen molar-refractivity contribution in [2.24, 2.45) is 0 Å². The summed E-state index contributed by atoms with van der Waals surface area (Å²) in [5.74, 6) is -1.71. The molecule has 4 atom stereocenters. The van der Waals surface area contributed by atoms with Gasteiger partial charge in [-0.2, -0.15) is 0 Å². The first-order chi connectivity index (χ1) is 19.8. The summed E-state index contributed by atoms with van der Waals surface area (Å²) in [6.45, 7) is 20.6. The summed E-state index contributed by atoms with van der Waals surface area (Å²) >= 11 is 0. The van der Waals surface area contributed by atoms with Gasteiger partial charge in [-0.25, -0.2) is 9.59 Å². The molecule has 9 nitrogen and oxygen atoms in total. The zero-order valence-electron chi connectivity index (χ0n) is 27.6. The predicted octanol–water partition coefficient (Wildman–Crippen LogP) is 5.94. The molecular formula is C34H54O9. The molecule has 4 N–H and O–H groups in total. The monoisotopic (exact) mass is 606 g/mol. The van der Waals surface area contributed by atoms with Crippen molar-refractivity contribution in [3.05, 3.63) is 70.8 Å². The van der Waals surface area contributed by atoms with Gasteiger partial charge in [0.25, 0.3) is 0 Å². The second kappa shape index (κ2) is 19.5. The fraction of sp³-hybridized carbons (Fsp3) is 0.588. The molecule has 2 rings (SSSR count). The van der Waals surface area contributed by atoms with E-state index in [0.717, 1.165) is 11.1 Å². The fourth-order valence-corrected chi connectivity index (χ4v) is 3.70. The Bertz CT molecular complexity index is 1020. The highest BCUT2D eigenvalue weighted by molar-refractivity contribution is 5.90. The Morgan fingerprint density at radius 3 is 1.23 bits per heavy atom. The number of rotatable bonds is 12. The van der Waals surface area contributed by atoms with Crippen LogP contribution in [0.1, 0.15) is 101 Å². The lowest BCUT2D eigenvalue weighted by atomic mass is 9.84. The van der Waals surface area contributed by atoms with Crippen molar-refractivity contribution in [3.63, 3.8) is 0 Å². The number of carboxylic acid groups (broad SMARTS) is 2. The molecular weight excluding hydrogens is 552 g/mol. The lowest BCUT2D eigenvalue weighted by Crippen LogP contribution is -2.27. The predicted molar refractivity (Wildman–Crippen MR) is 169 cm³/mol. The van der Waals surface area contributed by atoms with Gasteiger partial charge < -0.3 is 34.6 Å². The van der Waals surface area contributed by atoms with E-state index in [4.69, 9.17) is 34.6 Å². The molecule has 4 unspecified atom stereocenters. The number of hydrogen-bond donors (Lipinski definition) is 4. The van der Waals surface area contributed by atoms with E-state index >= 15 is 0 Å². The third-order valence-electron chi connectivity index (χ3n) is 6.04. The quantitative estimate of drug-likeness (QED) is 0.231. The number of carbonyl (C=O) groups is 2. The van der Waals surface area contributed by atoms with Crippen LogP contribution in [0.15, 0.2) is 48.5 Å². The zero-order chi connectivity index (χ0) is 33.4. The molecule has 0 amide bonds. The summed E-state index contributed by atoms with van der Waals surface area (Å²) in [7, 11) is 0. The number of hydrogen-bond acceptors (Lipinski definition) is 7. The minimum absolute atomic E-state index is 0.0145. The molecule has 0 heterocycles. The maximum Gasteiger partial charge on any atom is 0.335 e. The van der Waals surface area contributed by atoms with Crippen LogP contribution >= 0.6 is 0 Å². The number of ether oxygens (including phenoxy) is 3. The number of aromatic carboxylic acids is 2. The lowest BCUT2D eigenvalue weighted by Gasteiger charge is -2.20. The molecule has 0 radical (unpaired) electrons. The Morgan fingerprint density at radius 1 is 0.628 bits per heavy atom. The van der Waals surface area contributed by atoms with Gasteiger partial charge in [0.2, 0.25) is 0 Å². The maximum atomic E-state index is 10.9. The highest BCUT2D eigenvalue weighted by atomic mass is 16.6. The Hall–Kier alpha value is -2.82. The molecule has 0 fully saturated rings. The average Bonchev–Trinajstić information content (AvgIpc) is 2.93. The Balaban J connectivity index is 0.000000622. The fourth-order valence-electron chi connectivity index (χ4n) is 3.70. The number of carboxylic acids is 2. The summed E-state index contributed by atoms with van der Waals surface area (Å²) in [6.07, 6.45) is -0.711. The summed E-state index contributed by atoms with van der Waals surface area (Å²) in [4.78, 5) is 21.7. The van der Waals surface area contributed by atoms with E-state index in [1.807, 2.05) is 79.7 Å². The molecule has 0 saturated carbocycles. The first-order valence-electron chi connectivity index (χ1n) is 14.6. The van der Waals surface area contributed by atoms with Gasteiger partial charge in [0.05, 0.1) is 62.0 Å². The van der Waals surface area contributed by atoms with Crippen molar-refractivity contribution in [1.82, 2.24) is 0 Å². The van der Waals surface area contributed by atoms with Crippen LogP contribution in [0, 0.1) is 0 Å². The van der Waals surface area contributed by atoms with Gasteiger partial charge in [-0.15, -0.1) is 0 Å². The van der Waals surface area contributed by atoms with Gasteiger partial charge in [0, 0.05) is 0 Å². The third kappa shape index (κ3) is 17.2. The van der Waals surface area contributed by atoms with E-state index in [0.29, 0.717) is 30.9 Å². The van der Waals surface area contributed by atoms with Gasteiger partial charge in [-0.3, -0.25) is 0 Å². The second-order valence-electron chi connectivity index (χ2n) is 12.7. The van der Waals surface area contributed by atoms with E-state index in [1.165, 1.54) is 0 Å². The molecule has 9 heteroatoms. The minimum Gasteiger partial charge on any atom is -0.478 e. The molecule has 2 aromatic carbocycles. The lowest BCUT2D eigenvalue weighted by molar-refractivity contribution is -0.0825. The molecule has 0 aromatic heterocycles. The highest BCUT2D eigenvalue weighted by Gasteiger charge is 2.21. The van der Waals surface area contributed by atoms with Crippen LogP contribution in [-0.4, -0.2) is 83.2 Å². The Morgan fingerprint density at radius 2 is 0.953 bits per heavy atom. The maximum absolute atomic E-state index is 10.9. The van der Waals surface area contributed by atoms with Crippen LogP contribution in [0.4, 0.5) is 0 Å². The van der Waals surface area contributed by atoms with Crippen molar-refractivity contribution < 1.29 is 44.2 Å². The normalized spacial score (nSPS) is 14.2. The van der Waals surface area contributed by atoms with Gasteiger partial charge in [0.15, 0.2) is 0 Å². The van der Waals surface area contributed by atoms with E-state index in [-0.39, 0.29) is 35.7 Å². The Kier molecular flexibility index (Phi) is 18.2. The Labute approximate surface area is 257 Å². The van der Waals surface area contributed by atoms with Gasteiger partial charge in [-0.1, -0.05) is 77.9 Å². The van der Waals surface area contributed by atoms with Crippen molar-refractivity contribution >= 4 is 11.9 Å². The van der Waals surface area contributed by atoms with Crippen LogP contribution in [-0.2, 0) is 25.0 Å². The topological polar surface area (TPSA) is 143 Å². The van der Waals surface area contributed by atoms with Crippen LogP contribution in [0.3, 0.4) is 0 Å². The van der Waals surface area contributed by atoms with Gasteiger partial charge in [-0.05, 0) is 61.8 Å². The molecule has 2 aromatic rings. The van der Waals surface area contributed by atoms with Crippen molar-refractivity contribution in [1.29, 1.82) is 0 Å². The summed E-state index contributed by atoms with van der Waals surface area (Å²) in [5.41, 5.74) is 2.32. The highest BCUT2D eigenvalue weighted by Crippen LogP contribution is 2.26. The van der Waals surface area contributed by atoms with Crippen LogP contribution in [0.5, 0.6) is 0 Å². The molecule has 0 aliphatic heterocycles. The number of benzene rings is 2. The first kappa shape index (κ1) is 40.2. The van der Waals surface area contributed by atoms with Crippen LogP contribution in [0.25, 0.3) is 0 Å². The molecule has 244 valence electrons. The molecule has 0 saturated heterocycles. The third-order valence-corrected chi connectivity index (χ3v) is 6.04. The first-order valence-corrected chi connectivity index (χ1v) is 14.6. The average molecular weight is 607 g/mol. The standard InChI is InChI=1S/C12H26O5.2C11H14O2/c1-9(14)6-15-11(3)8-17-12(4)7-16-10(2)5-13;2*1-11(2,3)9-7-5-4-6-8(9)10(12)13/h9-14H,5-8H2,1-4H3;2*4-7H,1-3H3,(H,12,13). The van der Waals surface area contributed by atoms with Gasteiger partial charge >= 0.3 is 11.9 Å². The molecule has 0 aliphatic rings. The molecule has 43 heavy (non-hydrogen) atoms. The summed E-state index contributed by atoms with van der Waals surface area (Å²) in [6, 6.07) is 14.2. The number of aliphatic hydroxyl groups is 2. The van der Waals surface area contributed by atoms with Crippen molar-refractivity contribution in [2.75, 3.05) is 26.4 Å². The van der Waals surface area contributed by atoms with Crippen molar-refractivity contribution in [3.8, 4) is 0 Å². The summed E-state index contributed by atoms with van der Waals surface area (Å²) in [5, 5.41) is 35.7. The molecule has 0 spiro atoms.